The molecular weight excluding hydrogens is 596 g/mol. The van der Waals surface area contributed by atoms with Gasteiger partial charge < -0.3 is 0 Å². The fraction of sp³-hybridized carbons (Fsp3) is 0. The summed E-state index contributed by atoms with van der Waals surface area (Å²) in [6.45, 7) is 0. The molecule has 17 heavy (non-hydrogen) atoms. The summed E-state index contributed by atoms with van der Waals surface area (Å²) in [7, 11) is 0. The van der Waals surface area contributed by atoms with Crippen molar-refractivity contribution in [2.24, 2.45) is 0 Å². The Morgan fingerprint density at radius 1 is 0.882 bits per heavy atom. The van der Waals surface area contributed by atoms with E-state index in [4.69, 9.17) is 21.8 Å². The van der Waals surface area contributed by atoms with Gasteiger partial charge in [-0.3, -0.25) is 0 Å². The molecule has 0 radical (unpaired) electrons. The Labute approximate surface area is 104 Å². The third-order valence-electron chi connectivity index (χ3n) is 0.298. The van der Waals surface area contributed by atoms with Crippen LogP contribution in [0.15, 0.2) is 0 Å². The first kappa shape index (κ1) is 22.7. The van der Waals surface area contributed by atoms with Gasteiger partial charge in [-0.25, -0.2) is 0 Å². The van der Waals surface area contributed by atoms with E-state index in [9.17, 15) is 13.6 Å². The van der Waals surface area contributed by atoms with E-state index in [2.05, 4.69) is 18.8 Å². The van der Waals surface area contributed by atoms with Gasteiger partial charge >= 0.3 is 104 Å². The first-order valence-electron chi connectivity index (χ1n) is 2.61. The molecule has 0 saturated carbocycles. The van der Waals surface area contributed by atoms with E-state index in [0.717, 1.165) is 0 Å². The van der Waals surface area contributed by atoms with Crippen LogP contribution in [0.3, 0.4) is 0 Å². The molecule has 0 aliphatic carbocycles. The van der Waals surface area contributed by atoms with E-state index in [0.29, 0.717) is 0 Å². The zero-order chi connectivity index (χ0) is 14.9. The molecule has 0 spiro atoms. The van der Waals surface area contributed by atoms with Crippen molar-refractivity contribution in [1.82, 2.24) is 0 Å². The van der Waals surface area contributed by atoms with Crippen LogP contribution >= 0.6 is 0 Å². The molecule has 0 saturated heterocycles. The third kappa shape index (κ3) is 81.7. The van der Waals surface area contributed by atoms with E-state index < -0.39 is 50.2 Å². The molecule has 108 valence electrons. The summed E-state index contributed by atoms with van der Waals surface area (Å²) < 4.78 is 94.0. The van der Waals surface area contributed by atoms with Crippen molar-refractivity contribution in [2.75, 3.05) is 0 Å². The zero-order valence-corrected chi connectivity index (χ0v) is 14.6. The van der Waals surface area contributed by atoms with Crippen molar-refractivity contribution < 1.29 is 104 Å². The summed E-state index contributed by atoms with van der Waals surface area (Å²) in [5, 5.41) is 0. The summed E-state index contributed by atoms with van der Waals surface area (Å²) in [6, 6.07) is 0. The van der Waals surface area contributed by atoms with Crippen molar-refractivity contribution >= 4 is 0 Å². The number of hydrogen-bond donors (Lipinski definition) is 4. The van der Waals surface area contributed by atoms with Gasteiger partial charge in [0.15, 0.2) is 0 Å². The van der Waals surface area contributed by atoms with Gasteiger partial charge in [-0.05, 0) is 0 Å². The molecule has 0 bridgehead atoms. The molecule has 0 unspecified atom stereocenters. The van der Waals surface area contributed by atoms with Gasteiger partial charge in [0.05, 0.1) is 0 Å². The van der Waals surface area contributed by atoms with Gasteiger partial charge in [0.25, 0.3) is 0 Å². The minimum absolute atomic E-state index is 2.47. The molecule has 0 aromatic rings. The van der Waals surface area contributed by atoms with E-state index in [-0.39, 0.29) is 0 Å². The topological polar surface area (TPSA) is 263 Å². The van der Waals surface area contributed by atoms with Gasteiger partial charge in [0.2, 0.25) is 0 Å². The molecule has 14 nitrogen and oxygen atoms in total. The van der Waals surface area contributed by atoms with E-state index in [1.807, 2.05) is 0 Å². The number of rotatable bonds is 2. The summed E-state index contributed by atoms with van der Waals surface area (Å²) in [4.78, 5) is 0. The van der Waals surface area contributed by atoms with Crippen LogP contribution in [0.1, 0.15) is 0 Å². The first-order valence-corrected chi connectivity index (χ1v) is 14.1. The molecule has 0 fully saturated rings. The Bertz CT molecular complexity index is 427. The van der Waals surface area contributed by atoms with Crippen molar-refractivity contribution in [1.29, 1.82) is 0 Å². The van der Waals surface area contributed by atoms with Gasteiger partial charge in [-0.1, -0.05) is 0 Å². The van der Waals surface area contributed by atoms with Crippen LogP contribution in [0.4, 0.5) is 0 Å². The molecule has 8 N–H and O–H groups in total. The standard InChI is InChI=1S/2Mo.2H3NO.2H2O.8O.W/c;;2*1-2;;;;;;;;;;;/h;;2*1H3;2*1H2;;;;;;;;;/q2*+2;;;;;;;;;;;2*-1;/p-2. The van der Waals surface area contributed by atoms with E-state index in [1.165, 1.54) is 0 Å². The minimum atomic E-state index is -6.17. The molecule has 0 aliphatic rings. The quantitative estimate of drug-likeness (QED) is 0.169. The first-order chi connectivity index (χ1) is 7.12. The van der Waals surface area contributed by atoms with Crippen LogP contribution < -0.4 is 19.3 Å². The van der Waals surface area contributed by atoms with Crippen LogP contribution in [-0.4, -0.2) is 7.52 Å². The maximum absolute atomic E-state index is 9.38. The molecule has 0 rings (SSSR count). The summed E-state index contributed by atoms with van der Waals surface area (Å²) in [5.41, 5.74) is 0. The van der Waals surface area contributed by atoms with Crippen LogP contribution in [0.25, 0.3) is 0 Å². The second kappa shape index (κ2) is 9.47. The Kier molecular flexibility index (Phi) is 12.6. The summed E-state index contributed by atoms with van der Waals surface area (Å²) >= 11 is -16.5. The monoisotopic (exact) mass is 608 g/mol. The second-order valence-electron chi connectivity index (χ2n) is 1.50. The fourth-order valence-corrected chi connectivity index (χ4v) is 0. The Balaban J connectivity index is -0.000000174. The van der Waals surface area contributed by atoms with Crippen LogP contribution in [0.5, 0.6) is 0 Å². The molecular formula is H8Mo2N2O12W. The van der Waals surface area contributed by atoms with Gasteiger partial charge in [0, 0.05) is 0 Å². The average molecular weight is 604 g/mol. The molecule has 0 atom stereocenters. The molecule has 0 heterocycles. The van der Waals surface area contributed by atoms with E-state index >= 15 is 0 Å². The van der Waals surface area contributed by atoms with Crippen molar-refractivity contribution in [3.05, 3.63) is 0 Å². The maximum atomic E-state index is 9.38. The van der Waals surface area contributed by atoms with Crippen LogP contribution in [0.2, 0.25) is 0 Å². The Morgan fingerprint density at radius 3 is 0.941 bits per heavy atom. The predicted molar refractivity (Wildman–Crippen MR) is 16.5 cm³/mol. The third-order valence-corrected chi connectivity index (χ3v) is 1.76. The molecule has 0 amide bonds. The summed E-state index contributed by atoms with van der Waals surface area (Å²) in [6.07, 6.45) is 0. The zero-order valence-electron chi connectivity index (χ0n) is 7.62. The van der Waals surface area contributed by atoms with Crippen LogP contribution in [-0.2, 0) is 77.6 Å². The van der Waals surface area contributed by atoms with Gasteiger partial charge in [0.1, 0.15) is 0 Å². The SMILES string of the molecule is [NH3+][O][Mo](=[O])(=[O])[OH].[NH3+][O][Mo](=[O])(=[O])[OH].[O]=[W](=[O])([O-])[O-]. The van der Waals surface area contributed by atoms with Crippen molar-refractivity contribution in [3.8, 4) is 0 Å². The van der Waals surface area contributed by atoms with E-state index in [1.54, 1.807) is 0 Å². The molecule has 0 aromatic carbocycles. The molecule has 0 aliphatic heterocycles. The van der Waals surface area contributed by atoms with Gasteiger partial charge in [-0.2, -0.15) is 0 Å². The van der Waals surface area contributed by atoms with Crippen LogP contribution in [0, 0.1) is 0 Å². The second-order valence-corrected chi connectivity index (χ2v) is 9.80. The molecule has 17 heteroatoms. The predicted octanol–water partition coefficient (Wildman–Crippen LogP) is -6.96. The Morgan fingerprint density at radius 2 is 0.941 bits per heavy atom. The van der Waals surface area contributed by atoms with Gasteiger partial charge in [-0.15, -0.1) is 0 Å². The fourth-order valence-electron chi connectivity index (χ4n) is 0. The molecule has 0 aromatic heterocycles. The van der Waals surface area contributed by atoms with Crippen molar-refractivity contribution in [3.63, 3.8) is 0 Å². The number of quaternary nitrogens is 2. The summed E-state index contributed by atoms with van der Waals surface area (Å²) in [5.74, 6) is 4.93. The Hall–Kier alpha value is 0.545. The number of hydrogen-bond acceptors (Lipinski definition) is 10. The average Bonchev–Trinajstić information content (AvgIpc) is 2.00. The van der Waals surface area contributed by atoms with Crippen molar-refractivity contribution in [2.45, 2.75) is 0 Å². The normalized spacial score (nSPS) is 11.6.